The van der Waals surface area contributed by atoms with E-state index < -0.39 is 0 Å². The van der Waals surface area contributed by atoms with Crippen LogP contribution in [0.5, 0.6) is 11.5 Å². The van der Waals surface area contributed by atoms with Crippen molar-refractivity contribution in [3.8, 4) is 11.5 Å². The number of carbonyl (C=O) groups excluding carboxylic acids is 1. The fourth-order valence-electron chi connectivity index (χ4n) is 1.70. The Morgan fingerprint density at radius 3 is 2.68 bits per heavy atom. The highest BCUT2D eigenvalue weighted by Gasteiger charge is 2.05. The summed E-state index contributed by atoms with van der Waals surface area (Å²) >= 11 is 0. The van der Waals surface area contributed by atoms with Gasteiger partial charge in [0, 0.05) is 0 Å². The van der Waals surface area contributed by atoms with Gasteiger partial charge in [-0.05, 0) is 43.7 Å². The van der Waals surface area contributed by atoms with Gasteiger partial charge in [-0.15, -0.1) is 0 Å². The van der Waals surface area contributed by atoms with Crippen LogP contribution in [0.15, 0.2) is 18.2 Å². The van der Waals surface area contributed by atoms with E-state index in [1.54, 1.807) is 21.1 Å². The maximum atomic E-state index is 11.1. The highest BCUT2D eigenvalue weighted by molar-refractivity contribution is 5.71. The predicted molar refractivity (Wildman–Crippen MR) is 72.8 cm³/mol. The zero-order valence-electron chi connectivity index (χ0n) is 11.7. The Kier molecular flexibility index (Phi) is 6.74. The minimum absolute atomic E-state index is 0.222. The summed E-state index contributed by atoms with van der Waals surface area (Å²) in [6.07, 6.45) is 0.750. The van der Waals surface area contributed by atoms with E-state index in [1.165, 1.54) is 0 Å². The van der Waals surface area contributed by atoms with Crippen molar-refractivity contribution in [2.45, 2.75) is 13.3 Å². The lowest BCUT2D eigenvalue weighted by Crippen LogP contribution is -2.26. The van der Waals surface area contributed by atoms with Crippen LogP contribution in [0, 0.1) is 0 Å². The first-order valence-corrected chi connectivity index (χ1v) is 6.28. The number of hydrogen-bond acceptors (Lipinski definition) is 5. The van der Waals surface area contributed by atoms with Crippen molar-refractivity contribution in [3.05, 3.63) is 23.8 Å². The molecule has 0 saturated carbocycles. The van der Waals surface area contributed by atoms with Crippen LogP contribution < -0.4 is 14.8 Å². The lowest BCUT2D eigenvalue weighted by molar-refractivity contribution is -0.141. The van der Waals surface area contributed by atoms with E-state index in [2.05, 4.69) is 5.32 Å². The van der Waals surface area contributed by atoms with Crippen molar-refractivity contribution in [2.24, 2.45) is 0 Å². The van der Waals surface area contributed by atoms with Crippen molar-refractivity contribution in [3.63, 3.8) is 0 Å². The van der Waals surface area contributed by atoms with Crippen molar-refractivity contribution < 1.29 is 19.0 Å². The maximum absolute atomic E-state index is 11.1. The smallest absolute Gasteiger partial charge is 0.319 e. The number of rotatable bonds is 8. The molecular weight excluding hydrogens is 246 g/mol. The Labute approximate surface area is 113 Å². The molecule has 0 heterocycles. The molecule has 1 aromatic carbocycles. The van der Waals surface area contributed by atoms with Gasteiger partial charge in [-0.1, -0.05) is 0 Å². The predicted octanol–water partition coefficient (Wildman–Crippen LogP) is 1.40. The van der Waals surface area contributed by atoms with E-state index in [9.17, 15) is 4.79 Å². The summed E-state index contributed by atoms with van der Waals surface area (Å²) in [6.45, 7) is 3.09. The summed E-state index contributed by atoms with van der Waals surface area (Å²) in [5.74, 6) is 1.38. The molecule has 0 saturated heterocycles. The molecule has 0 spiro atoms. The topological polar surface area (TPSA) is 56.8 Å². The van der Waals surface area contributed by atoms with Gasteiger partial charge in [0.05, 0.1) is 27.4 Å². The molecular formula is C14H21NO4. The van der Waals surface area contributed by atoms with E-state index in [-0.39, 0.29) is 12.5 Å². The van der Waals surface area contributed by atoms with Crippen LogP contribution in [0.2, 0.25) is 0 Å². The Balaban J connectivity index is 2.45. The molecule has 0 fully saturated rings. The molecule has 19 heavy (non-hydrogen) atoms. The molecule has 5 heteroatoms. The minimum Gasteiger partial charge on any atom is -0.497 e. The lowest BCUT2D eigenvalue weighted by atomic mass is 10.1. The van der Waals surface area contributed by atoms with Crippen molar-refractivity contribution in [2.75, 3.05) is 33.9 Å². The molecule has 0 aliphatic carbocycles. The molecule has 1 N–H and O–H groups in total. The third kappa shape index (κ3) is 5.18. The van der Waals surface area contributed by atoms with E-state index in [1.807, 2.05) is 18.2 Å². The molecule has 0 bridgehead atoms. The van der Waals surface area contributed by atoms with Gasteiger partial charge in [-0.25, -0.2) is 0 Å². The molecule has 0 atom stereocenters. The van der Waals surface area contributed by atoms with Crippen LogP contribution in [0.1, 0.15) is 12.5 Å². The largest absolute Gasteiger partial charge is 0.497 e. The van der Waals surface area contributed by atoms with Crippen LogP contribution in [-0.2, 0) is 16.0 Å². The molecule has 0 aliphatic heterocycles. The van der Waals surface area contributed by atoms with E-state index in [0.717, 1.165) is 23.5 Å². The zero-order valence-corrected chi connectivity index (χ0v) is 11.7. The molecule has 1 rings (SSSR count). The van der Waals surface area contributed by atoms with Gasteiger partial charge >= 0.3 is 5.97 Å². The molecule has 0 aliphatic rings. The summed E-state index contributed by atoms with van der Waals surface area (Å²) in [7, 11) is 3.27. The van der Waals surface area contributed by atoms with Gasteiger partial charge in [-0.2, -0.15) is 0 Å². The van der Waals surface area contributed by atoms with Gasteiger partial charge in [0.15, 0.2) is 0 Å². The fourth-order valence-corrected chi connectivity index (χ4v) is 1.70. The van der Waals surface area contributed by atoms with E-state index >= 15 is 0 Å². The Morgan fingerprint density at radius 1 is 1.26 bits per heavy atom. The van der Waals surface area contributed by atoms with Gasteiger partial charge < -0.3 is 19.5 Å². The number of esters is 1. The van der Waals surface area contributed by atoms with E-state index in [0.29, 0.717) is 13.2 Å². The first-order valence-electron chi connectivity index (χ1n) is 6.28. The van der Waals surface area contributed by atoms with Crippen LogP contribution in [0.3, 0.4) is 0 Å². The first kappa shape index (κ1) is 15.3. The average Bonchev–Trinajstić information content (AvgIpc) is 2.43. The molecule has 5 nitrogen and oxygen atoms in total. The highest BCUT2D eigenvalue weighted by atomic mass is 16.5. The second kappa shape index (κ2) is 8.37. The number of hydrogen-bond donors (Lipinski definition) is 1. The first-order chi connectivity index (χ1) is 9.21. The van der Waals surface area contributed by atoms with Crippen molar-refractivity contribution in [1.29, 1.82) is 0 Å². The standard InChI is InChI=1S/C14H21NO4/c1-4-19-14(16)10-15-8-7-11-9-12(17-2)5-6-13(11)18-3/h5-6,9,15H,4,7-8,10H2,1-3H3. The number of nitrogens with one attached hydrogen (secondary N) is 1. The summed E-state index contributed by atoms with van der Waals surface area (Å²) in [4.78, 5) is 11.1. The molecule has 0 aromatic heterocycles. The third-order valence-corrected chi connectivity index (χ3v) is 2.63. The summed E-state index contributed by atoms with van der Waals surface area (Å²) < 4.78 is 15.3. The Morgan fingerprint density at radius 2 is 2.05 bits per heavy atom. The number of benzene rings is 1. The molecule has 106 valence electrons. The van der Waals surface area contributed by atoms with Gasteiger partial charge in [0.25, 0.3) is 0 Å². The lowest BCUT2D eigenvalue weighted by Gasteiger charge is -2.10. The quantitative estimate of drug-likeness (QED) is 0.570. The van der Waals surface area contributed by atoms with Crippen molar-refractivity contribution in [1.82, 2.24) is 5.32 Å². The van der Waals surface area contributed by atoms with Crippen LogP contribution >= 0.6 is 0 Å². The molecule has 0 unspecified atom stereocenters. The second-order valence-corrected chi connectivity index (χ2v) is 3.91. The van der Waals surface area contributed by atoms with Crippen LogP contribution in [-0.4, -0.2) is 39.9 Å². The van der Waals surface area contributed by atoms with Crippen LogP contribution in [0.4, 0.5) is 0 Å². The number of methoxy groups -OCH3 is 2. The summed E-state index contributed by atoms with van der Waals surface area (Å²) in [6, 6.07) is 5.67. The summed E-state index contributed by atoms with van der Waals surface area (Å²) in [5, 5.41) is 3.04. The number of ether oxygens (including phenoxy) is 3. The molecule has 1 aromatic rings. The third-order valence-electron chi connectivity index (χ3n) is 2.63. The highest BCUT2D eigenvalue weighted by Crippen LogP contribution is 2.23. The summed E-state index contributed by atoms with van der Waals surface area (Å²) in [5.41, 5.74) is 1.04. The van der Waals surface area contributed by atoms with Crippen molar-refractivity contribution >= 4 is 5.97 Å². The number of carbonyl (C=O) groups is 1. The monoisotopic (exact) mass is 267 g/mol. The van der Waals surface area contributed by atoms with E-state index in [4.69, 9.17) is 14.2 Å². The SMILES string of the molecule is CCOC(=O)CNCCc1cc(OC)ccc1OC. The van der Waals surface area contributed by atoms with Gasteiger partial charge in [-0.3, -0.25) is 4.79 Å². The zero-order chi connectivity index (χ0) is 14.1. The normalized spacial score (nSPS) is 10.1. The Bertz CT molecular complexity index is 406. The minimum atomic E-state index is -0.236. The molecule has 0 radical (unpaired) electrons. The average molecular weight is 267 g/mol. The fraction of sp³-hybridized carbons (Fsp3) is 0.500. The Hall–Kier alpha value is -1.75. The van der Waals surface area contributed by atoms with Gasteiger partial charge in [0.1, 0.15) is 11.5 Å². The van der Waals surface area contributed by atoms with Crippen LogP contribution in [0.25, 0.3) is 0 Å². The van der Waals surface area contributed by atoms with Gasteiger partial charge in [0.2, 0.25) is 0 Å². The maximum Gasteiger partial charge on any atom is 0.319 e. The second-order valence-electron chi connectivity index (χ2n) is 3.91. The molecule has 0 amide bonds.